The summed E-state index contributed by atoms with van der Waals surface area (Å²) in [6, 6.07) is 2.69. The summed E-state index contributed by atoms with van der Waals surface area (Å²) in [6.07, 6.45) is 1.23. The van der Waals surface area contributed by atoms with Crippen molar-refractivity contribution in [3.63, 3.8) is 0 Å². The fourth-order valence-corrected chi connectivity index (χ4v) is 1.81. The molecule has 1 N–H and O–H groups in total. The highest BCUT2D eigenvalue weighted by Crippen LogP contribution is 2.18. The molecule has 0 aliphatic heterocycles. The van der Waals surface area contributed by atoms with Crippen molar-refractivity contribution in [2.75, 3.05) is 0 Å². The van der Waals surface area contributed by atoms with Gasteiger partial charge in [-0.05, 0) is 12.5 Å². The number of aromatic carboxylic acids is 1. The Hall–Kier alpha value is -2.71. The van der Waals surface area contributed by atoms with Crippen LogP contribution in [0.4, 0.5) is 5.88 Å². The summed E-state index contributed by atoms with van der Waals surface area (Å²) < 4.78 is 6.40. The smallest absolute Gasteiger partial charge is 0.433 e. The largest absolute Gasteiger partial charge is 0.476 e. The molecule has 0 fully saturated rings. The molecule has 0 saturated heterocycles. The van der Waals surface area contributed by atoms with Gasteiger partial charge < -0.3 is 9.52 Å². The molecule has 0 bridgehead atoms. The van der Waals surface area contributed by atoms with Gasteiger partial charge in [-0.2, -0.15) is 0 Å². The van der Waals surface area contributed by atoms with E-state index in [2.05, 4.69) is 10.3 Å². The van der Waals surface area contributed by atoms with Crippen LogP contribution in [0.3, 0.4) is 0 Å². The minimum atomic E-state index is -1.15. The Morgan fingerprint density at radius 3 is 2.85 bits per heavy atom. The predicted octanol–water partition coefficient (Wildman–Crippen LogP) is 1.48. The molecule has 2 aromatic rings. The summed E-state index contributed by atoms with van der Waals surface area (Å²) in [4.78, 5) is 20.9. The van der Waals surface area contributed by atoms with Crippen LogP contribution in [0.15, 0.2) is 16.5 Å². The molecule has 0 amide bonds. The van der Waals surface area contributed by atoms with Crippen LogP contribution in [0.25, 0.3) is 0 Å². The molecule has 2 aromatic heterocycles. The average Bonchev–Trinajstić information content (AvgIpc) is 2.98. The van der Waals surface area contributed by atoms with E-state index in [1.807, 2.05) is 6.92 Å². The molecule has 9 nitrogen and oxygen atoms in total. The van der Waals surface area contributed by atoms with Gasteiger partial charge in [-0.3, -0.25) is 10.1 Å². The number of hydrogen-bond donors (Lipinski definition) is 1. The first-order valence-corrected chi connectivity index (χ1v) is 5.91. The Balaban J connectivity index is 2.28. The van der Waals surface area contributed by atoms with Gasteiger partial charge in [-0.25, -0.2) is 9.48 Å². The summed E-state index contributed by atoms with van der Waals surface area (Å²) >= 11 is 0. The van der Waals surface area contributed by atoms with Crippen LogP contribution in [-0.2, 0) is 13.0 Å². The number of carboxylic acid groups (broad SMARTS) is 1. The van der Waals surface area contributed by atoms with Crippen LogP contribution in [0.2, 0.25) is 0 Å². The van der Waals surface area contributed by atoms with Crippen LogP contribution in [-0.4, -0.2) is 31.0 Å². The Labute approximate surface area is 113 Å². The summed E-state index contributed by atoms with van der Waals surface area (Å²) in [5.74, 6) is -1.20. The third-order valence-corrected chi connectivity index (χ3v) is 2.66. The first-order valence-electron chi connectivity index (χ1n) is 5.91. The van der Waals surface area contributed by atoms with Crippen LogP contribution < -0.4 is 0 Å². The van der Waals surface area contributed by atoms with E-state index in [4.69, 9.17) is 9.52 Å². The van der Waals surface area contributed by atoms with Crippen molar-refractivity contribution in [1.29, 1.82) is 0 Å². The minimum Gasteiger partial charge on any atom is -0.476 e. The maximum absolute atomic E-state index is 11.0. The second kappa shape index (κ2) is 5.51. The number of carboxylic acids is 1. The van der Waals surface area contributed by atoms with Gasteiger partial charge in [0.2, 0.25) is 0 Å². The molecular formula is C11H12N4O5. The molecular weight excluding hydrogens is 268 g/mol. The van der Waals surface area contributed by atoms with Crippen LogP contribution in [0.5, 0.6) is 0 Å². The summed E-state index contributed by atoms with van der Waals surface area (Å²) in [6.45, 7) is 2.00. The average molecular weight is 280 g/mol. The van der Waals surface area contributed by atoms with Gasteiger partial charge in [0.05, 0.1) is 11.8 Å². The van der Waals surface area contributed by atoms with Crippen molar-refractivity contribution < 1.29 is 19.2 Å². The van der Waals surface area contributed by atoms with Gasteiger partial charge in [-0.15, -0.1) is 5.10 Å². The summed E-state index contributed by atoms with van der Waals surface area (Å²) in [5.41, 5.74) is 0.368. The lowest BCUT2D eigenvalue weighted by molar-refractivity contribution is -0.402. The zero-order valence-electron chi connectivity index (χ0n) is 10.6. The molecule has 2 heterocycles. The second-order valence-electron chi connectivity index (χ2n) is 4.09. The number of carbonyl (C=O) groups is 1. The Morgan fingerprint density at radius 2 is 2.30 bits per heavy atom. The van der Waals surface area contributed by atoms with Gasteiger partial charge in [0.15, 0.2) is 5.69 Å². The molecule has 106 valence electrons. The van der Waals surface area contributed by atoms with Gasteiger partial charge in [0, 0.05) is 0 Å². The second-order valence-corrected chi connectivity index (χ2v) is 4.09. The molecule has 9 heteroatoms. The zero-order valence-corrected chi connectivity index (χ0v) is 10.6. The fraction of sp³-hybridized carbons (Fsp3) is 0.364. The molecule has 0 aliphatic rings. The number of rotatable bonds is 6. The van der Waals surface area contributed by atoms with Crippen LogP contribution >= 0.6 is 0 Å². The monoisotopic (exact) mass is 280 g/mol. The number of aromatic nitrogens is 3. The maximum atomic E-state index is 11.0. The van der Waals surface area contributed by atoms with Crippen LogP contribution in [0.1, 0.15) is 35.3 Å². The number of nitro groups is 1. The molecule has 0 aliphatic carbocycles. The normalized spacial score (nSPS) is 10.7. The van der Waals surface area contributed by atoms with Crippen LogP contribution in [0, 0.1) is 10.1 Å². The van der Waals surface area contributed by atoms with E-state index in [1.165, 1.54) is 16.8 Å². The van der Waals surface area contributed by atoms with Crippen molar-refractivity contribution in [3.05, 3.63) is 39.4 Å². The SMILES string of the molecule is CCCc1c(C(=O)O)nnn1Cc1ccc([N+](=O)[O-])o1. The third-order valence-electron chi connectivity index (χ3n) is 2.66. The van der Waals surface area contributed by atoms with Gasteiger partial charge in [0.1, 0.15) is 17.2 Å². The van der Waals surface area contributed by atoms with Gasteiger partial charge in [0.25, 0.3) is 0 Å². The van der Waals surface area contributed by atoms with E-state index in [0.29, 0.717) is 17.9 Å². The van der Waals surface area contributed by atoms with E-state index < -0.39 is 10.9 Å². The van der Waals surface area contributed by atoms with Crippen molar-refractivity contribution in [1.82, 2.24) is 15.0 Å². The fourth-order valence-electron chi connectivity index (χ4n) is 1.81. The molecule has 0 radical (unpaired) electrons. The van der Waals surface area contributed by atoms with E-state index in [9.17, 15) is 14.9 Å². The van der Waals surface area contributed by atoms with Crippen molar-refractivity contribution >= 4 is 11.9 Å². The molecule has 0 spiro atoms. The lowest BCUT2D eigenvalue weighted by atomic mass is 10.2. The molecule has 0 unspecified atom stereocenters. The predicted molar refractivity (Wildman–Crippen MR) is 65.4 cm³/mol. The van der Waals surface area contributed by atoms with Crippen molar-refractivity contribution in [2.45, 2.75) is 26.3 Å². The maximum Gasteiger partial charge on any atom is 0.433 e. The minimum absolute atomic E-state index is 0.101. The first kappa shape index (κ1) is 13.7. The highest BCUT2D eigenvalue weighted by atomic mass is 16.6. The summed E-state index contributed by atoms with van der Waals surface area (Å²) in [5, 5.41) is 26.9. The highest BCUT2D eigenvalue weighted by molar-refractivity contribution is 5.86. The number of nitrogens with zero attached hydrogens (tertiary/aromatic N) is 4. The Morgan fingerprint density at radius 1 is 1.55 bits per heavy atom. The van der Waals surface area contributed by atoms with Gasteiger partial charge in [-0.1, -0.05) is 18.6 Å². The lowest BCUT2D eigenvalue weighted by Crippen LogP contribution is -2.09. The highest BCUT2D eigenvalue weighted by Gasteiger charge is 2.20. The van der Waals surface area contributed by atoms with E-state index in [0.717, 1.165) is 6.42 Å². The Bertz CT molecular complexity index is 645. The van der Waals surface area contributed by atoms with Gasteiger partial charge >= 0.3 is 11.9 Å². The van der Waals surface area contributed by atoms with E-state index >= 15 is 0 Å². The molecule has 2 rings (SSSR count). The molecule has 0 saturated carbocycles. The zero-order chi connectivity index (χ0) is 14.7. The molecule has 0 atom stereocenters. The molecule has 0 aromatic carbocycles. The van der Waals surface area contributed by atoms with Crippen molar-refractivity contribution in [3.8, 4) is 0 Å². The molecule has 20 heavy (non-hydrogen) atoms. The third kappa shape index (κ3) is 2.66. The standard InChI is InChI=1S/C11H12N4O5/c1-2-3-8-10(11(16)17)12-13-14(8)6-7-4-5-9(20-7)15(18)19/h4-5H,2-3,6H2,1H3,(H,16,17). The quantitative estimate of drug-likeness (QED) is 0.627. The lowest BCUT2D eigenvalue weighted by Gasteiger charge is -2.03. The first-order chi connectivity index (χ1) is 9.52. The van der Waals surface area contributed by atoms with Crippen molar-refractivity contribution in [2.24, 2.45) is 0 Å². The summed E-state index contributed by atoms with van der Waals surface area (Å²) in [7, 11) is 0. The number of hydrogen-bond acceptors (Lipinski definition) is 6. The topological polar surface area (TPSA) is 124 Å². The Kier molecular flexibility index (Phi) is 3.78. The van der Waals surface area contributed by atoms with E-state index in [1.54, 1.807) is 0 Å². The number of furan rings is 1. The van der Waals surface area contributed by atoms with E-state index in [-0.39, 0.29) is 18.1 Å².